The molecule has 17 heavy (non-hydrogen) atoms. The third-order valence-electron chi connectivity index (χ3n) is 3.10. The van der Waals surface area contributed by atoms with E-state index in [4.69, 9.17) is 10.5 Å². The zero-order chi connectivity index (χ0) is 13.2. The predicted octanol–water partition coefficient (Wildman–Crippen LogP) is 1.37. The lowest BCUT2D eigenvalue weighted by atomic mass is 9.94. The summed E-state index contributed by atoms with van der Waals surface area (Å²) in [6.45, 7) is 5.95. The predicted molar refractivity (Wildman–Crippen MR) is 68.2 cm³/mol. The third-order valence-corrected chi connectivity index (χ3v) is 3.10. The van der Waals surface area contributed by atoms with E-state index in [1.54, 1.807) is 14.2 Å². The Bertz CT molecular complexity index is 442. The van der Waals surface area contributed by atoms with Crippen LogP contribution in [0.3, 0.4) is 0 Å². The van der Waals surface area contributed by atoms with Crippen molar-refractivity contribution in [2.75, 3.05) is 14.2 Å². The molecule has 3 N–H and O–H groups in total. The number of nitrogens with two attached hydrogens (primary N) is 1. The Morgan fingerprint density at radius 1 is 1.35 bits per heavy atom. The fourth-order valence-corrected chi connectivity index (χ4v) is 2.12. The van der Waals surface area contributed by atoms with Gasteiger partial charge in [0, 0.05) is 5.56 Å². The first-order valence-electron chi connectivity index (χ1n) is 5.55. The Kier molecular flexibility index (Phi) is 4.12. The fraction of sp³-hybridized carbons (Fsp3) is 0.462. The lowest BCUT2D eigenvalue weighted by molar-refractivity contribution is -0.120. The average Bonchev–Trinajstić information content (AvgIpc) is 2.26. The van der Waals surface area contributed by atoms with Crippen LogP contribution in [0.1, 0.15) is 28.3 Å². The van der Waals surface area contributed by atoms with Gasteiger partial charge in [-0.1, -0.05) is 6.07 Å². The van der Waals surface area contributed by atoms with Crippen LogP contribution in [0.2, 0.25) is 0 Å². The number of ether oxygens (including phenoxy) is 1. The molecule has 0 aliphatic rings. The Labute approximate surface area is 102 Å². The maximum atomic E-state index is 11.5. The first kappa shape index (κ1) is 13.5. The van der Waals surface area contributed by atoms with Gasteiger partial charge in [0.1, 0.15) is 11.8 Å². The number of hydrogen-bond donors (Lipinski definition) is 2. The number of amides is 1. The number of likely N-dealkylation sites (N-methyl/N-ethyl adjacent to an activating group) is 1. The molecule has 0 radical (unpaired) electrons. The summed E-state index contributed by atoms with van der Waals surface area (Å²) in [5.74, 6) is 0.331. The number of carbonyl (C=O) groups excluding carboxylic acids is 1. The van der Waals surface area contributed by atoms with Crippen molar-refractivity contribution in [3.05, 3.63) is 28.3 Å². The van der Waals surface area contributed by atoms with E-state index in [-0.39, 0.29) is 0 Å². The summed E-state index contributed by atoms with van der Waals surface area (Å²) < 4.78 is 5.42. The second-order valence-electron chi connectivity index (χ2n) is 4.21. The standard InChI is InChI=1S/C13H20N2O2/c1-7-6-8(2)10(11(15-4)13(14)16)12(17-5)9(7)3/h6,11,15H,1-5H3,(H2,14,16). The highest BCUT2D eigenvalue weighted by Gasteiger charge is 2.23. The maximum absolute atomic E-state index is 11.5. The molecule has 4 heteroatoms. The van der Waals surface area contributed by atoms with E-state index in [2.05, 4.69) is 5.32 Å². The summed E-state index contributed by atoms with van der Waals surface area (Å²) in [5, 5.41) is 2.93. The molecule has 1 aromatic carbocycles. The van der Waals surface area contributed by atoms with Crippen LogP contribution < -0.4 is 15.8 Å². The Hall–Kier alpha value is -1.55. The molecule has 4 nitrogen and oxygen atoms in total. The number of hydrogen-bond acceptors (Lipinski definition) is 3. The lowest BCUT2D eigenvalue weighted by Gasteiger charge is -2.21. The molecule has 94 valence electrons. The normalized spacial score (nSPS) is 12.3. The molecular weight excluding hydrogens is 216 g/mol. The molecule has 1 amide bonds. The van der Waals surface area contributed by atoms with Crippen molar-refractivity contribution in [3.8, 4) is 5.75 Å². The van der Waals surface area contributed by atoms with Crippen LogP contribution in [0, 0.1) is 20.8 Å². The van der Waals surface area contributed by atoms with Gasteiger partial charge in [-0.3, -0.25) is 4.79 Å². The topological polar surface area (TPSA) is 64.3 Å². The smallest absolute Gasteiger partial charge is 0.239 e. The fourth-order valence-electron chi connectivity index (χ4n) is 2.12. The molecule has 1 atom stereocenters. The number of benzene rings is 1. The first-order valence-corrected chi connectivity index (χ1v) is 5.55. The molecule has 0 spiro atoms. The van der Waals surface area contributed by atoms with Crippen LogP contribution in [0.5, 0.6) is 5.75 Å². The van der Waals surface area contributed by atoms with Gasteiger partial charge in [0.25, 0.3) is 0 Å². The van der Waals surface area contributed by atoms with Gasteiger partial charge in [-0.05, 0) is 44.5 Å². The lowest BCUT2D eigenvalue weighted by Crippen LogP contribution is -2.32. The van der Waals surface area contributed by atoms with Gasteiger partial charge in [0.15, 0.2) is 0 Å². The van der Waals surface area contributed by atoms with Crippen molar-refractivity contribution in [2.24, 2.45) is 5.73 Å². The van der Waals surface area contributed by atoms with E-state index in [1.165, 1.54) is 0 Å². The Morgan fingerprint density at radius 2 is 1.94 bits per heavy atom. The SMILES string of the molecule is CNC(C(N)=O)c1c(C)cc(C)c(C)c1OC. The summed E-state index contributed by atoms with van der Waals surface area (Å²) in [5.41, 5.74) is 9.41. The van der Waals surface area contributed by atoms with Crippen LogP contribution in [0.4, 0.5) is 0 Å². The van der Waals surface area contributed by atoms with Crippen molar-refractivity contribution >= 4 is 5.91 Å². The maximum Gasteiger partial charge on any atom is 0.239 e. The Morgan fingerprint density at radius 3 is 2.35 bits per heavy atom. The molecule has 0 fully saturated rings. The van der Waals surface area contributed by atoms with Crippen molar-refractivity contribution in [1.29, 1.82) is 0 Å². The molecule has 1 unspecified atom stereocenters. The molecule has 0 bridgehead atoms. The molecule has 0 saturated carbocycles. The van der Waals surface area contributed by atoms with Gasteiger partial charge in [-0.15, -0.1) is 0 Å². The number of carbonyl (C=O) groups is 1. The summed E-state index contributed by atoms with van der Waals surface area (Å²) in [7, 11) is 3.32. The molecular formula is C13H20N2O2. The highest BCUT2D eigenvalue weighted by molar-refractivity contribution is 5.83. The zero-order valence-corrected chi connectivity index (χ0v) is 11.0. The number of aryl methyl sites for hydroxylation is 2. The molecule has 1 rings (SSSR count). The van der Waals surface area contributed by atoms with E-state index in [9.17, 15) is 4.79 Å². The van der Waals surface area contributed by atoms with Crippen molar-refractivity contribution < 1.29 is 9.53 Å². The summed E-state index contributed by atoms with van der Waals surface area (Å²) in [4.78, 5) is 11.5. The molecule has 0 saturated heterocycles. The van der Waals surface area contributed by atoms with E-state index in [0.29, 0.717) is 0 Å². The minimum absolute atomic E-state index is 0.405. The van der Waals surface area contributed by atoms with Gasteiger partial charge < -0.3 is 15.8 Å². The second-order valence-corrected chi connectivity index (χ2v) is 4.21. The zero-order valence-electron chi connectivity index (χ0n) is 11.0. The van der Waals surface area contributed by atoms with Gasteiger partial charge in [-0.25, -0.2) is 0 Å². The number of rotatable bonds is 4. The quantitative estimate of drug-likeness (QED) is 0.829. The number of nitrogens with one attached hydrogen (secondary N) is 1. The van der Waals surface area contributed by atoms with Gasteiger partial charge in [0.05, 0.1) is 7.11 Å². The largest absolute Gasteiger partial charge is 0.496 e. The highest BCUT2D eigenvalue weighted by atomic mass is 16.5. The monoisotopic (exact) mass is 236 g/mol. The van der Waals surface area contributed by atoms with Crippen LogP contribution in [-0.4, -0.2) is 20.1 Å². The second kappa shape index (κ2) is 5.19. The molecule has 1 aromatic rings. The van der Waals surface area contributed by atoms with Crippen LogP contribution in [-0.2, 0) is 4.79 Å². The average molecular weight is 236 g/mol. The third kappa shape index (κ3) is 2.42. The van der Waals surface area contributed by atoms with Crippen molar-refractivity contribution in [3.63, 3.8) is 0 Å². The summed E-state index contributed by atoms with van der Waals surface area (Å²) in [6, 6.07) is 1.52. The first-order chi connectivity index (χ1) is 7.93. The van der Waals surface area contributed by atoms with Crippen molar-refractivity contribution in [2.45, 2.75) is 26.8 Å². The summed E-state index contributed by atoms with van der Waals surface area (Å²) in [6.07, 6.45) is 0. The Balaban J connectivity index is 3.50. The number of primary amides is 1. The number of methoxy groups -OCH3 is 1. The van der Waals surface area contributed by atoms with Gasteiger partial charge in [-0.2, -0.15) is 0 Å². The molecule has 0 heterocycles. The molecule has 0 aliphatic carbocycles. The van der Waals surface area contributed by atoms with E-state index in [0.717, 1.165) is 28.0 Å². The van der Waals surface area contributed by atoms with E-state index >= 15 is 0 Å². The highest BCUT2D eigenvalue weighted by Crippen LogP contribution is 2.33. The van der Waals surface area contributed by atoms with Gasteiger partial charge >= 0.3 is 0 Å². The van der Waals surface area contributed by atoms with Crippen LogP contribution in [0.25, 0.3) is 0 Å². The molecule has 0 aliphatic heterocycles. The van der Waals surface area contributed by atoms with Crippen molar-refractivity contribution in [1.82, 2.24) is 5.32 Å². The van der Waals surface area contributed by atoms with E-state index < -0.39 is 11.9 Å². The molecule has 0 aromatic heterocycles. The van der Waals surface area contributed by atoms with Crippen LogP contribution in [0.15, 0.2) is 6.07 Å². The van der Waals surface area contributed by atoms with Crippen LogP contribution >= 0.6 is 0 Å². The minimum atomic E-state index is -0.524. The van der Waals surface area contributed by atoms with E-state index in [1.807, 2.05) is 26.8 Å². The minimum Gasteiger partial charge on any atom is -0.496 e. The summed E-state index contributed by atoms with van der Waals surface area (Å²) >= 11 is 0. The van der Waals surface area contributed by atoms with Gasteiger partial charge in [0.2, 0.25) is 5.91 Å².